The topological polar surface area (TPSA) is 17.1 Å². The van der Waals surface area contributed by atoms with Gasteiger partial charge in [0, 0.05) is 22.6 Å². The molecule has 2 aromatic carbocycles. The summed E-state index contributed by atoms with van der Waals surface area (Å²) in [7, 11) is 4.02. The fourth-order valence-corrected chi connectivity index (χ4v) is 4.08. The molecule has 0 N–H and O–H groups in total. The van der Waals surface area contributed by atoms with Gasteiger partial charge in [0.25, 0.3) is 0 Å². The molecule has 1 aliphatic heterocycles. The predicted molar refractivity (Wildman–Crippen MR) is 90.5 cm³/mol. The highest BCUT2D eigenvalue weighted by Gasteiger charge is 2.06. The molecule has 0 unspecified atom stereocenters. The summed E-state index contributed by atoms with van der Waals surface area (Å²) in [5, 5.41) is 0. The van der Waals surface area contributed by atoms with Crippen LogP contribution >= 0.6 is 21.6 Å². The summed E-state index contributed by atoms with van der Waals surface area (Å²) >= 11 is 0. The van der Waals surface area contributed by atoms with Crippen LogP contribution in [0.4, 0.5) is 0 Å². The Morgan fingerprint density at radius 3 is 1.40 bits per heavy atom. The van der Waals surface area contributed by atoms with Gasteiger partial charge in [0.2, 0.25) is 0 Å². The summed E-state index contributed by atoms with van der Waals surface area (Å²) in [5.41, 5.74) is 1.47. The molecule has 0 bridgehead atoms. The quantitative estimate of drug-likeness (QED) is 0.569. The van der Waals surface area contributed by atoms with E-state index in [-0.39, 0.29) is 5.78 Å². The second-order valence-corrected chi connectivity index (χ2v) is 7.11. The number of hydrogen-bond donors (Lipinski definition) is 0. The third kappa shape index (κ3) is 5.06. The van der Waals surface area contributed by atoms with Gasteiger partial charge in [-0.2, -0.15) is 0 Å². The summed E-state index contributed by atoms with van der Waals surface area (Å²) in [5.74, 6) is 2.83. The van der Waals surface area contributed by atoms with Gasteiger partial charge in [-0.3, -0.25) is 4.79 Å². The van der Waals surface area contributed by atoms with Crippen LogP contribution in [0.1, 0.15) is 28.8 Å². The highest BCUT2D eigenvalue weighted by Crippen LogP contribution is 2.28. The number of rotatable bonds is 2. The Balaban J connectivity index is 0.000000205. The zero-order valence-corrected chi connectivity index (χ0v) is 13.0. The largest absolute Gasteiger partial charge is 0.289 e. The predicted octanol–water partition coefficient (Wildman–Crippen LogP) is 5.08. The molecule has 20 heavy (non-hydrogen) atoms. The summed E-state index contributed by atoms with van der Waals surface area (Å²) in [4.78, 5) is 11.8. The average Bonchev–Trinajstić information content (AvgIpc) is 2.58. The average molecular weight is 302 g/mol. The van der Waals surface area contributed by atoms with Gasteiger partial charge in [0.05, 0.1) is 0 Å². The molecule has 0 radical (unpaired) electrons. The van der Waals surface area contributed by atoms with Crippen LogP contribution in [0, 0.1) is 0 Å². The molecular weight excluding hydrogens is 284 g/mol. The molecule has 104 valence electrons. The zero-order valence-electron chi connectivity index (χ0n) is 11.3. The fourth-order valence-electron chi connectivity index (χ4n) is 1.79. The summed E-state index contributed by atoms with van der Waals surface area (Å²) < 4.78 is 0. The fraction of sp³-hybridized carbons (Fsp3) is 0.235. The van der Waals surface area contributed by atoms with Gasteiger partial charge < -0.3 is 0 Å². The first-order chi connectivity index (χ1) is 9.88. The lowest BCUT2D eigenvalue weighted by atomic mass is 10.0. The van der Waals surface area contributed by atoms with E-state index >= 15 is 0 Å². The molecule has 3 rings (SSSR count). The lowest BCUT2D eigenvalue weighted by molar-refractivity contribution is 0.103. The van der Waals surface area contributed by atoms with E-state index in [0.717, 1.165) is 11.1 Å². The van der Waals surface area contributed by atoms with Crippen LogP contribution in [0.15, 0.2) is 60.7 Å². The van der Waals surface area contributed by atoms with Gasteiger partial charge in [0.15, 0.2) is 5.78 Å². The van der Waals surface area contributed by atoms with Crippen molar-refractivity contribution in [2.45, 2.75) is 12.8 Å². The second kappa shape index (κ2) is 8.88. The number of ketones is 1. The van der Waals surface area contributed by atoms with E-state index in [0.29, 0.717) is 0 Å². The lowest BCUT2D eigenvalue weighted by Crippen LogP contribution is -1.99. The third-order valence-electron chi connectivity index (χ3n) is 2.86. The minimum atomic E-state index is 0.0752. The maximum Gasteiger partial charge on any atom is 0.193 e. The Morgan fingerprint density at radius 2 is 1.10 bits per heavy atom. The summed E-state index contributed by atoms with van der Waals surface area (Å²) in [6.07, 6.45) is 2.88. The van der Waals surface area contributed by atoms with Gasteiger partial charge in [-0.05, 0) is 12.8 Å². The first-order valence-corrected chi connectivity index (χ1v) is 9.26. The van der Waals surface area contributed by atoms with E-state index in [4.69, 9.17) is 0 Å². The van der Waals surface area contributed by atoms with Crippen molar-refractivity contribution in [3.63, 3.8) is 0 Å². The number of carbonyl (C=O) groups excluding carboxylic acids is 1. The summed E-state index contributed by atoms with van der Waals surface area (Å²) in [6, 6.07) is 18.6. The van der Waals surface area contributed by atoms with Crippen LogP contribution in [-0.4, -0.2) is 17.3 Å². The SMILES string of the molecule is C1CCSSC1.O=C(c1ccccc1)c1ccccc1. The van der Waals surface area contributed by atoms with E-state index in [1.54, 1.807) is 0 Å². The Kier molecular flexibility index (Phi) is 6.75. The van der Waals surface area contributed by atoms with Crippen LogP contribution in [0.2, 0.25) is 0 Å². The Bertz CT molecular complexity index is 454. The maximum atomic E-state index is 11.8. The summed E-state index contributed by atoms with van der Waals surface area (Å²) in [6.45, 7) is 0. The molecule has 0 saturated carbocycles. The van der Waals surface area contributed by atoms with Gasteiger partial charge in [-0.1, -0.05) is 82.3 Å². The molecule has 0 amide bonds. The lowest BCUT2D eigenvalue weighted by Gasteiger charge is -2.04. The molecule has 0 aliphatic carbocycles. The van der Waals surface area contributed by atoms with Crippen LogP contribution in [0.3, 0.4) is 0 Å². The molecule has 0 aromatic heterocycles. The van der Waals surface area contributed by atoms with Gasteiger partial charge in [-0.25, -0.2) is 0 Å². The van der Waals surface area contributed by atoms with Crippen molar-refractivity contribution in [2.75, 3.05) is 11.5 Å². The van der Waals surface area contributed by atoms with Crippen molar-refractivity contribution in [3.05, 3.63) is 71.8 Å². The van der Waals surface area contributed by atoms with Crippen LogP contribution < -0.4 is 0 Å². The molecule has 1 nitrogen and oxygen atoms in total. The van der Waals surface area contributed by atoms with Crippen molar-refractivity contribution in [1.29, 1.82) is 0 Å². The highest BCUT2D eigenvalue weighted by molar-refractivity contribution is 8.76. The van der Waals surface area contributed by atoms with Crippen LogP contribution in [0.25, 0.3) is 0 Å². The molecule has 1 aliphatic rings. The van der Waals surface area contributed by atoms with Crippen LogP contribution in [0.5, 0.6) is 0 Å². The van der Waals surface area contributed by atoms with Gasteiger partial charge >= 0.3 is 0 Å². The zero-order chi connectivity index (χ0) is 14.0. The van der Waals surface area contributed by atoms with Crippen molar-refractivity contribution >= 4 is 27.4 Å². The third-order valence-corrected chi connectivity index (χ3v) is 5.44. The smallest absolute Gasteiger partial charge is 0.193 e. The molecule has 1 fully saturated rings. The monoisotopic (exact) mass is 302 g/mol. The first kappa shape index (κ1) is 15.2. The molecule has 1 saturated heterocycles. The van der Waals surface area contributed by atoms with Crippen molar-refractivity contribution < 1.29 is 4.79 Å². The van der Waals surface area contributed by atoms with E-state index in [1.165, 1.54) is 24.3 Å². The molecule has 0 atom stereocenters. The first-order valence-electron chi connectivity index (χ1n) is 6.77. The van der Waals surface area contributed by atoms with Gasteiger partial charge in [-0.15, -0.1) is 0 Å². The minimum Gasteiger partial charge on any atom is -0.289 e. The molecule has 3 heteroatoms. The maximum absolute atomic E-state index is 11.8. The molecule has 1 heterocycles. The van der Waals surface area contributed by atoms with E-state index < -0.39 is 0 Å². The van der Waals surface area contributed by atoms with E-state index in [1.807, 2.05) is 82.3 Å². The van der Waals surface area contributed by atoms with E-state index in [2.05, 4.69) is 0 Å². The Hall–Kier alpha value is -1.19. The Labute approximate surface area is 128 Å². The van der Waals surface area contributed by atoms with Crippen LogP contribution in [-0.2, 0) is 0 Å². The molecular formula is C17H18OS2. The standard InChI is InChI=1S/C13H10O.C4H8S2/c14-13(11-7-3-1-4-8-11)12-9-5-2-6-10-12;1-2-4-6-5-3-1/h1-10H;1-4H2. The number of carbonyl (C=O) groups is 1. The van der Waals surface area contributed by atoms with E-state index in [9.17, 15) is 4.79 Å². The minimum absolute atomic E-state index is 0.0752. The Morgan fingerprint density at radius 1 is 0.700 bits per heavy atom. The number of hydrogen-bond acceptors (Lipinski definition) is 3. The van der Waals surface area contributed by atoms with Crippen molar-refractivity contribution in [3.8, 4) is 0 Å². The second-order valence-electron chi connectivity index (χ2n) is 4.41. The van der Waals surface area contributed by atoms with Crippen molar-refractivity contribution in [1.82, 2.24) is 0 Å². The van der Waals surface area contributed by atoms with Gasteiger partial charge in [0.1, 0.15) is 0 Å². The normalized spacial score (nSPS) is 14.0. The highest BCUT2D eigenvalue weighted by atomic mass is 33.1. The molecule has 0 spiro atoms. The van der Waals surface area contributed by atoms with Crippen molar-refractivity contribution in [2.24, 2.45) is 0 Å². The number of benzene rings is 2. The molecule has 2 aromatic rings.